The highest BCUT2D eigenvalue weighted by molar-refractivity contribution is 5.75. The fourth-order valence-electron chi connectivity index (χ4n) is 1.74. The van der Waals surface area contributed by atoms with Crippen molar-refractivity contribution in [3.05, 3.63) is 0 Å². The Bertz CT molecular complexity index is 271. The molecule has 1 rings (SSSR count). The summed E-state index contributed by atoms with van der Waals surface area (Å²) in [6.07, 6.45) is 3.88. The van der Waals surface area contributed by atoms with Gasteiger partial charge in [-0.05, 0) is 40.0 Å². The number of amides is 1. The maximum Gasteiger partial charge on any atom is 0.410 e. The van der Waals surface area contributed by atoms with Gasteiger partial charge in [0.15, 0.2) is 0 Å². The Morgan fingerprint density at radius 1 is 1.50 bits per heavy atom. The van der Waals surface area contributed by atoms with Gasteiger partial charge in [0.1, 0.15) is 5.60 Å². The molecule has 1 saturated heterocycles. The molecule has 0 spiro atoms. The Balaban J connectivity index is 2.64. The lowest BCUT2D eigenvalue weighted by Crippen LogP contribution is -2.46. The van der Waals surface area contributed by atoms with Crippen LogP contribution in [-0.2, 0) is 4.74 Å². The van der Waals surface area contributed by atoms with E-state index in [1.807, 2.05) is 20.8 Å². The van der Waals surface area contributed by atoms with Gasteiger partial charge in [0.25, 0.3) is 0 Å². The molecular weight excluding hydrogens is 208 g/mol. The summed E-state index contributed by atoms with van der Waals surface area (Å²) >= 11 is 0. The van der Waals surface area contributed by atoms with E-state index in [9.17, 15) is 4.79 Å². The molecule has 0 bridgehead atoms. The topological polar surface area (TPSA) is 62.1 Å². The molecule has 1 fully saturated rings. The molecule has 1 atom stereocenters. The fraction of sp³-hybridized carbons (Fsp3) is 0.818. The first-order valence-corrected chi connectivity index (χ1v) is 5.61. The quantitative estimate of drug-likeness (QED) is 0.425. The van der Waals surface area contributed by atoms with Crippen molar-refractivity contribution < 1.29 is 14.7 Å². The molecule has 0 saturated carbocycles. The Labute approximate surface area is 96.1 Å². The number of carbonyl (C=O) groups excluding carboxylic acids is 1. The number of hydrogen-bond donors (Lipinski definition) is 1. The minimum Gasteiger partial charge on any atom is -0.444 e. The summed E-state index contributed by atoms with van der Waals surface area (Å²) in [4.78, 5) is 13.5. The van der Waals surface area contributed by atoms with Crippen molar-refractivity contribution >= 4 is 12.3 Å². The third-order valence-corrected chi connectivity index (χ3v) is 2.42. The Kier molecular flexibility index (Phi) is 4.15. The van der Waals surface area contributed by atoms with Crippen LogP contribution in [0.1, 0.15) is 40.0 Å². The zero-order valence-electron chi connectivity index (χ0n) is 10.1. The van der Waals surface area contributed by atoms with E-state index < -0.39 is 5.60 Å². The van der Waals surface area contributed by atoms with Crippen LogP contribution >= 0.6 is 0 Å². The van der Waals surface area contributed by atoms with Gasteiger partial charge in [0.2, 0.25) is 0 Å². The molecule has 16 heavy (non-hydrogen) atoms. The lowest BCUT2D eigenvalue weighted by Gasteiger charge is -2.34. The number of piperidine rings is 1. The summed E-state index contributed by atoms with van der Waals surface area (Å²) in [6.45, 7) is 6.17. The average molecular weight is 228 g/mol. The predicted molar refractivity (Wildman–Crippen MR) is 60.9 cm³/mol. The summed E-state index contributed by atoms with van der Waals surface area (Å²) < 4.78 is 5.30. The van der Waals surface area contributed by atoms with Crippen molar-refractivity contribution in [2.45, 2.75) is 51.7 Å². The molecule has 0 radical (unpaired) electrons. The van der Waals surface area contributed by atoms with E-state index in [4.69, 9.17) is 9.94 Å². The number of hydrogen-bond acceptors (Lipinski definition) is 4. The van der Waals surface area contributed by atoms with Crippen LogP contribution in [0.5, 0.6) is 0 Å². The van der Waals surface area contributed by atoms with Gasteiger partial charge in [-0.1, -0.05) is 5.16 Å². The molecule has 1 aliphatic rings. The second kappa shape index (κ2) is 5.18. The van der Waals surface area contributed by atoms with Gasteiger partial charge in [-0.3, -0.25) is 0 Å². The van der Waals surface area contributed by atoms with Crippen molar-refractivity contribution in [3.8, 4) is 0 Å². The van der Waals surface area contributed by atoms with Crippen LogP contribution in [0, 0.1) is 0 Å². The summed E-state index contributed by atoms with van der Waals surface area (Å²) in [5, 5.41) is 11.6. The molecule has 1 N–H and O–H groups in total. The predicted octanol–water partition coefficient (Wildman–Crippen LogP) is 2.24. The maximum absolute atomic E-state index is 11.9. The molecule has 0 aromatic rings. The number of ether oxygens (including phenoxy) is 1. The second-order valence-corrected chi connectivity index (χ2v) is 5.00. The van der Waals surface area contributed by atoms with Crippen molar-refractivity contribution in [3.63, 3.8) is 0 Å². The Morgan fingerprint density at radius 3 is 2.75 bits per heavy atom. The number of oxime groups is 1. The number of nitrogens with zero attached hydrogens (tertiary/aromatic N) is 2. The Morgan fingerprint density at radius 2 is 2.19 bits per heavy atom. The van der Waals surface area contributed by atoms with Crippen LogP contribution in [0.15, 0.2) is 5.16 Å². The standard InChI is InChI=1S/C11H20N2O3/c1-11(2,3)16-10(14)13-7-5-4-6-9(13)8-12-15/h8-9,15H,4-7H2,1-3H3. The second-order valence-electron chi connectivity index (χ2n) is 5.00. The normalized spacial score (nSPS) is 22.4. The SMILES string of the molecule is CC(C)(C)OC(=O)N1CCCCC1C=NO. The molecule has 0 aliphatic carbocycles. The highest BCUT2D eigenvalue weighted by Gasteiger charge is 2.29. The lowest BCUT2D eigenvalue weighted by atomic mass is 10.0. The molecular formula is C11H20N2O3. The van der Waals surface area contributed by atoms with Crippen LogP contribution in [0.25, 0.3) is 0 Å². The monoisotopic (exact) mass is 228 g/mol. The lowest BCUT2D eigenvalue weighted by molar-refractivity contribution is 0.0169. The zero-order chi connectivity index (χ0) is 12.2. The van der Waals surface area contributed by atoms with Gasteiger partial charge in [0.05, 0.1) is 12.3 Å². The summed E-state index contributed by atoms with van der Waals surface area (Å²) in [7, 11) is 0. The molecule has 1 heterocycles. The number of rotatable bonds is 1. The largest absolute Gasteiger partial charge is 0.444 e. The van der Waals surface area contributed by atoms with Gasteiger partial charge < -0.3 is 14.8 Å². The van der Waals surface area contributed by atoms with E-state index in [0.717, 1.165) is 19.3 Å². The minimum absolute atomic E-state index is 0.145. The van der Waals surface area contributed by atoms with E-state index in [2.05, 4.69) is 5.16 Å². The van der Waals surface area contributed by atoms with Gasteiger partial charge in [-0.15, -0.1) is 0 Å². The molecule has 0 aromatic heterocycles. The Hall–Kier alpha value is -1.26. The van der Waals surface area contributed by atoms with Crippen molar-refractivity contribution in [1.29, 1.82) is 0 Å². The van der Waals surface area contributed by atoms with E-state index in [0.29, 0.717) is 6.54 Å². The van der Waals surface area contributed by atoms with Crippen LogP contribution in [-0.4, -0.2) is 40.6 Å². The van der Waals surface area contributed by atoms with Gasteiger partial charge in [-0.2, -0.15) is 0 Å². The molecule has 92 valence electrons. The van der Waals surface area contributed by atoms with Crippen LogP contribution in [0.3, 0.4) is 0 Å². The van der Waals surface area contributed by atoms with E-state index in [1.54, 1.807) is 4.90 Å². The highest BCUT2D eigenvalue weighted by Crippen LogP contribution is 2.19. The number of likely N-dealkylation sites (tertiary alicyclic amines) is 1. The van der Waals surface area contributed by atoms with Crippen molar-refractivity contribution in [2.24, 2.45) is 5.16 Å². The maximum atomic E-state index is 11.9. The molecule has 1 unspecified atom stereocenters. The molecule has 1 amide bonds. The molecule has 0 aromatic carbocycles. The van der Waals surface area contributed by atoms with Gasteiger partial charge >= 0.3 is 6.09 Å². The van der Waals surface area contributed by atoms with Gasteiger partial charge in [-0.25, -0.2) is 4.79 Å². The van der Waals surface area contributed by atoms with E-state index >= 15 is 0 Å². The number of carbonyl (C=O) groups is 1. The first kappa shape index (κ1) is 12.8. The smallest absolute Gasteiger partial charge is 0.410 e. The molecule has 1 aliphatic heterocycles. The van der Waals surface area contributed by atoms with Gasteiger partial charge in [0, 0.05) is 6.54 Å². The van der Waals surface area contributed by atoms with Crippen LogP contribution in [0.4, 0.5) is 4.79 Å². The molecule has 5 heteroatoms. The highest BCUT2D eigenvalue weighted by atomic mass is 16.6. The summed E-state index contributed by atoms with van der Waals surface area (Å²) in [5.74, 6) is 0. The third-order valence-electron chi connectivity index (χ3n) is 2.42. The van der Waals surface area contributed by atoms with E-state index in [1.165, 1.54) is 6.21 Å². The van der Waals surface area contributed by atoms with Crippen molar-refractivity contribution in [2.75, 3.05) is 6.54 Å². The van der Waals surface area contributed by atoms with E-state index in [-0.39, 0.29) is 12.1 Å². The minimum atomic E-state index is -0.491. The fourth-order valence-corrected chi connectivity index (χ4v) is 1.74. The summed E-state index contributed by atoms with van der Waals surface area (Å²) in [5.41, 5.74) is -0.491. The van der Waals surface area contributed by atoms with Crippen LogP contribution < -0.4 is 0 Å². The zero-order valence-corrected chi connectivity index (χ0v) is 10.1. The third kappa shape index (κ3) is 3.72. The van der Waals surface area contributed by atoms with Crippen molar-refractivity contribution in [1.82, 2.24) is 4.90 Å². The summed E-state index contributed by atoms with van der Waals surface area (Å²) in [6, 6.07) is -0.145. The average Bonchev–Trinajstić information content (AvgIpc) is 2.16. The first-order chi connectivity index (χ1) is 7.44. The van der Waals surface area contributed by atoms with Crippen LogP contribution in [0.2, 0.25) is 0 Å². The molecule has 5 nitrogen and oxygen atoms in total. The first-order valence-electron chi connectivity index (χ1n) is 5.61.